The molecule has 3 aromatic rings. The van der Waals surface area contributed by atoms with Gasteiger partial charge >= 0.3 is 0 Å². The molecule has 9 nitrogen and oxygen atoms in total. The number of hydrogen-bond donors (Lipinski definition) is 2. The van der Waals surface area contributed by atoms with Gasteiger partial charge in [-0.2, -0.15) is 0 Å². The number of carbonyl (C=O) groups is 1. The third-order valence-electron chi connectivity index (χ3n) is 4.92. The predicted molar refractivity (Wildman–Crippen MR) is 124 cm³/mol. The summed E-state index contributed by atoms with van der Waals surface area (Å²) in [6.45, 7) is 3.48. The Labute approximate surface area is 193 Å². The third kappa shape index (κ3) is 5.71. The Balaban J connectivity index is 1.93. The zero-order valence-electron chi connectivity index (χ0n) is 19.2. The highest BCUT2D eigenvalue weighted by Crippen LogP contribution is 2.29. The van der Waals surface area contributed by atoms with E-state index in [2.05, 4.69) is 15.0 Å². The number of hydrogen-bond acceptors (Lipinski definition) is 6. The van der Waals surface area contributed by atoms with Gasteiger partial charge in [0.2, 0.25) is 10.0 Å². The molecule has 10 heteroatoms. The van der Waals surface area contributed by atoms with E-state index in [0.717, 1.165) is 0 Å². The number of benzene rings is 2. The average Bonchev–Trinajstić information content (AvgIpc) is 3.21. The minimum atomic E-state index is -3.65. The summed E-state index contributed by atoms with van der Waals surface area (Å²) in [5.74, 6) is 1.37. The van der Waals surface area contributed by atoms with E-state index >= 15 is 0 Å². The van der Waals surface area contributed by atoms with Gasteiger partial charge in [0.25, 0.3) is 5.91 Å². The number of amides is 1. The molecule has 1 heterocycles. The Kier molecular flexibility index (Phi) is 7.39. The zero-order valence-corrected chi connectivity index (χ0v) is 20.0. The van der Waals surface area contributed by atoms with Crippen LogP contribution in [0.2, 0.25) is 0 Å². The Morgan fingerprint density at radius 1 is 1.03 bits per heavy atom. The molecule has 0 fully saturated rings. The number of carbonyl (C=O) groups excluding carboxylic acids is 1. The van der Waals surface area contributed by atoms with Crippen molar-refractivity contribution in [2.75, 3.05) is 14.2 Å². The van der Waals surface area contributed by atoms with E-state index in [1.54, 1.807) is 58.7 Å². The standard InChI is InChI=1S/C23H28N4O5S/c1-15(2)26-33(29,30)20-8-6-16(7-9-20)23(28)25-21(22-24-10-11-27(22)3)17-12-18(31-4)14-19(13-17)32-5/h6-15,21,26H,1-5H3,(H,25,28). The number of methoxy groups -OCH3 is 2. The van der Waals surface area contributed by atoms with Crippen LogP contribution in [0.1, 0.15) is 41.6 Å². The summed E-state index contributed by atoms with van der Waals surface area (Å²) in [5, 5.41) is 2.99. The molecule has 0 aliphatic heterocycles. The van der Waals surface area contributed by atoms with Crippen molar-refractivity contribution in [2.24, 2.45) is 7.05 Å². The number of aryl methyl sites for hydroxylation is 1. The fraction of sp³-hybridized carbons (Fsp3) is 0.304. The SMILES string of the molecule is COc1cc(OC)cc(C(NC(=O)c2ccc(S(=O)(=O)NC(C)C)cc2)c2nccn2C)c1. The molecule has 0 spiro atoms. The monoisotopic (exact) mass is 472 g/mol. The maximum Gasteiger partial charge on any atom is 0.252 e. The first-order valence-electron chi connectivity index (χ1n) is 10.3. The molecule has 0 bridgehead atoms. The molecule has 0 aliphatic rings. The van der Waals surface area contributed by atoms with Crippen LogP contribution in [-0.4, -0.2) is 44.1 Å². The van der Waals surface area contributed by atoms with Crippen molar-refractivity contribution >= 4 is 15.9 Å². The molecular formula is C23H28N4O5S. The average molecular weight is 473 g/mol. The lowest BCUT2D eigenvalue weighted by Crippen LogP contribution is -2.31. The molecule has 1 unspecified atom stereocenters. The maximum absolute atomic E-state index is 13.1. The van der Waals surface area contributed by atoms with Crippen molar-refractivity contribution in [3.05, 3.63) is 71.8 Å². The zero-order chi connectivity index (χ0) is 24.2. The number of ether oxygens (including phenoxy) is 2. The molecule has 0 radical (unpaired) electrons. The van der Waals surface area contributed by atoms with Crippen LogP contribution >= 0.6 is 0 Å². The van der Waals surface area contributed by atoms with Crippen molar-refractivity contribution in [2.45, 2.75) is 30.8 Å². The molecular weight excluding hydrogens is 444 g/mol. The van der Waals surface area contributed by atoms with Crippen LogP contribution in [0, 0.1) is 0 Å². The minimum absolute atomic E-state index is 0.0888. The topological polar surface area (TPSA) is 112 Å². The van der Waals surface area contributed by atoms with Crippen LogP contribution in [-0.2, 0) is 17.1 Å². The number of aromatic nitrogens is 2. The lowest BCUT2D eigenvalue weighted by atomic mass is 10.0. The first-order chi connectivity index (χ1) is 15.6. The van der Waals surface area contributed by atoms with Gasteiger partial charge in [-0.05, 0) is 55.8 Å². The first kappa shape index (κ1) is 24.3. The first-order valence-corrected chi connectivity index (χ1v) is 11.8. The quantitative estimate of drug-likeness (QED) is 0.495. The van der Waals surface area contributed by atoms with Gasteiger partial charge in [-0.1, -0.05) is 0 Å². The second kappa shape index (κ2) is 10.1. The van der Waals surface area contributed by atoms with E-state index in [1.165, 1.54) is 24.3 Å². The molecule has 0 saturated heterocycles. The Hall–Kier alpha value is -3.37. The highest BCUT2D eigenvalue weighted by Gasteiger charge is 2.23. The summed E-state index contributed by atoms with van der Waals surface area (Å²) in [6.07, 6.45) is 3.43. The second-order valence-corrected chi connectivity index (χ2v) is 9.46. The van der Waals surface area contributed by atoms with Crippen LogP contribution in [0.5, 0.6) is 11.5 Å². The maximum atomic E-state index is 13.1. The fourth-order valence-electron chi connectivity index (χ4n) is 3.33. The molecule has 1 atom stereocenters. The highest BCUT2D eigenvalue weighted by molar-refractivity contribution is 7.89. The number of nitrogens with zero attached hydrogens (tertiary/aromatic N) is 2. The summed E-state index contributed by atoms with van der Waals surface area (Å²) in [6, 6.07) is 10.3. The van der Waals surface area contributed by atoms with Gasteiger partial charge in [0.15, 0.2) is 0 Å². The summed E-state index contributed by atoms with van der Waals surface area (Å²) in [7, 11) is 1.29. The van der Waals surface area contributed by atoms with Gasteiger partial charge in [-0.15, -0.1) is 0 Å². The van der Waals surface area contributed by atoms with E-state index in [4.69, 9.17) is 9.47 Å². The van der Waals surface area contributed by atoms with Crippen molar-refractivity contribution in [1.82, 2.24) is 19.6 Å². The number of imidazole rings is 1. The fourth-order valence-corrected chi connectivity index (χ4v) is 4.58. The largest absolute Gasteiger partial charge is 0.497 e. The molecule has 2 aromatic carbocycles. The lowest BCUT2D eigenvalue weighted by molar-refractivity contribution is 0.0941. The minimum Gasteiger partial charge on any atom is -0.497 e. The molecule has 2 N–H and O–H groups in total. The number of sulfonamides is 1. The second-order valence-electron chi connectivity index (χ2n) is 7.75. The highest BCUT2D eigenvalue weighted by atomic mass is 32.2. The van der Waals surface area contributed by atoms with Crippen molar-refractivity contribution < 1.29 is 22.7 Å². The third-order valence-corrected chi connectivity index (χ3v) is 6.59. The summed E-state index contributed by atoms with van der Waals surface area (Å²) in [5.41, 5.74) is 1.03. The predicted octanol–water partition coefficient (Wildman–Crippen LogP) is 2.64. The molecule has 1 amide bonds. The number of rotatable bonds is 9. The Morgan fingerprint density at radius 3 is 2.12 bits per heavy atom. The van der Waals surface area contributed by atoms with Gasteiger partial charge < -0.3 is 19.4 Å². The molecule has 0 aliphatic carbocycles. The number of nitrogens with one attached hydrogen (secondary N) is 2. The molecule has 176 valence electrons. The van der Waals surface area contributed by atoms with Crippen molar-refractivity contribution in [1.29, 1.82) is 0 Å². The van der Waals surface area contributed by atoms with E-state index < -0.39 is 16.1 Å². The van der Waals surface area contributed by atoms with Crippen LogP contribution < -0.4 is 19.5 Å². The van der Waals surface area contributed by atoms with E-state index in [-0.39, 0.29) is 16.8 Å². The van der Waals surface area contributed by atoms with Gasteiger partial charge in [0.1, 0.15) is 23.4 Å². The summed E-state index contributed by atoms with van der Waals surface area (Å²) in [4.78, 5) is 17.6. The van der Waals surface area contributed by atoms with E-state index in [9.17, 15) is 13.2 Å². The van der Waals surface area contributed by atoms with E-state index in [1.807, 2.05) is 11.6 Å². The Bertz CT molecular complexity index is 1200. The van der Waals surface area contributed by atoms with Crippen LogP contribution in [0.25, 0.3) is 0 Å². The molecule has 1 aromatic heterocycles. The molecule has 3 rings (SSSR count). The normalized spacial score (nSPS) is 12.4. The van der Waals surface area contributed by atoms with Crippen LogP contribution in [0.4, 0.5) is 0 Å². The van der Waals surface area contributed by atoms with Crippen LogP contribution in [0.15, 0.2) is 59.8 Å². The molecule has 33 heavy (non-hydrogen) atoms. The smallest absolute Gasteiger partial charge is 0.252 e. The summed E-state index contributed by atoms with van der Waals surface area (Å²) < 4.78 is 39.8. The van der Waals surface area contributed by atoms with Gasteiger partial charge in [0.05, 0.1) is 19.1 Å². The lowest BCUT2D eigenvalue weighted by Gasteiger charge is -2.20. The van der Waals surface area contributed by atoms with Gasteiger partial charge in [0, 0.05) is 37.1 Å². The Morgan fingerprint density at radius 2 is 1.64 bits per heavy atom. The van der Waals surface area contributed by atoms with E-state index in [0.29, 0.717) is 28.5 Å². The van der Waals surface area contributed by atoms with Gasteiger partial charge in [-0.3, -0.25) is 4.79 Å². The van der Waals surface area contributed by atoms with Crippen LogP contribution in [0.3, 0.4) is 0 Å². The van der Waals surface area contributed by atoms with Crippen molar-refractivity contribution in [3.8, 4) is 11.5 Å². The van der Waals surface area contributed by atoms with Crippen molar-refractivity contribution in [3.63, 3.8) is 0 Å². The van der Waals surface area contributed by atoms with Gasteiger partial charge in [-0.25, -0.2) is 18.1 Å². The molecule has 0 saturated carbocycles. The summed E-state index contributed by atoms with van der Waals surface area (Å²) >= 11 is 0.